The fourth-order valence-corrected chi connectivity index (χ4v) is 3.84. The highest BCUT2D eigenvalue weighted by Crippen LogP contribution is 2.29. The molecule has 26 heavy (non-hydrogen) atoms. The molecule has 2 N–H and O–H groups in total. The van der Waals surface area contributed by atoms with E-state index < -0.39 is 5.97 Å². The first-order chi connectivity index (χ1) is 12.6. The molecule has 3 rings (SSSR count). The van der Waals surface area contributed by atoms with Crippen LogP contribution in [-0.4, -0.2) is 39.0 Å². The summed E-state index contributed by atoms with van der Waals surface area (Å²) in [5.74, 6) is 0.447. The van der Waals surface area contributed by atoms with Gasteiger partial charge < -0.3 is 10.1 Å². The smallest absolute Gasteiger partial charge is 0.335 e. The predicted octanol–water partition coefficient (Wildman–Crippen LogP) is 4.48. The number of carboxylic acid groups (broad SMARTS) is 1. The summed E-state index contributed by atoms with van der Waals surface area (Å²) in [7, 11) is 0. The number of aromatic amines is 1. The lowest BCUT2D eigenvalue weighted by Gasteiger charge is -2.32. The third-order valence-electron chi connectivity index (χ3n) is 5.04. The molecule has 6 heteroatoms. The Morgan fingerprint density at radius 1 is 1.46 bits per heavy atom. The van der Waals surface area contributed by atoms with Crippen LogP contribution in [0.5, 0.6) is 0 Å². The summed E-state index contributed by atoms with van der Waals surface area (Å²) in [5.41, 5.74) is 2.45. The zero-order valence-electron chi connectivity index (χ0n) is 15.2. The van der Waals surface area contributed by atoms with Gasteiger partial charge in [0, 0.05) is 19.5 Å². The maximum atomic E-state index is 11.2. The number of halogens is 1. The van der Waals surface area contributed by atoms with Gasteiger partial charge in [-0.2, -0.15) is 0 Å². The van der Waals surface area contributed by atoms with E-state index in [-0.39, 0.29) is 0 Å². The van der Waals surface area contributed by atoms with Crippen molar-refractivity contribution in [3.8, 4) is 0 Å². The average Bonchev–Trinajstić information content (AvgIpc) is 2.99. The van der Waals surface area contributed by atoms with E-state index in [9.17, 15) is 9.90 Å². The first-order valence-corrected chi connectivity index (χ1v) is 9.73. The van der Waals surface area contributed by atoms with Crippen molar-refractivity contribution in [1.82, 2.24) is 14.9 Å². The van der Waals surface area contributed by atoms with Crippen molar-refractivity contribution in [2.75, 3.05) is 13.1 Å². The fraction of sp³-hybridized carbons (Fsp3) is 0.500. The number of imidazole rings is 1. The number of carbonyl (C=O) groups is 1. The molecule has 2 heterocycles. The van der Waals surface area contributed by atoms with Crippen molar-refractivity contribution in [2.45, 2.75) is 51.5 Å². The number of unbranched alkanes of at least 4 members (excludes halogenated alkanes) is 1. The quantitative estimate of drug-likeness (QED) is 0.748. The van der Waals surface area contributed by atoms with E-state index in [2.05, 4.69) is 21.8 Å². The van der Waals surface area contributed by atoms with E-state index in [0.717, 1.165) is 68.8 Å². The maximum absolute atomic E-state index is 11.2. The SMILES string of the molecule is CCCCc1nc(Cl)c(CN2CCC[C@H](c3cccc(C(=O)O)c3)C2)[nH]1. The number of carboxylic acids is 1. The minimum absolute atomic E-state index is 0.351. The molecular weight excluding hydrogens is 350 g/mol. The second kappa shape index (κ2) is 8.69. The van der Waals surface area contributed by atoms with Crippen molar-refractivity contribution in [3.05, 3.63) is 52.1 Å². The summed E-state index contributed by atoms with van der Waals surface area (Å²) in [6, 6.07) is 7.33. The van der Waals surface area contributed by atoms with Crippen LogP contribution in [-0.2, 0) is 13.0 Å². The van der Waals surface area contributed by atoms with Gasteiger partial charge >= 0.3 is 5.97 Å². The van der Waals surface area contributed by atoms with Gasteiger partial charge in [0.1, 0.15) is 5.82 Å². The zero-order valence-corrected chi connectivity index (χ0v) is 15.9. The minimum Gasteiger partial charge on any atom is -0.478 e. The molecule has 0 bridgehead atoms. The van der Waals surface area contributed by atoms with Crippen LogP contribution < -0.4 is 0 Å². The number of likely N-dealkylation sites (tertiary alicyclic amines) is 1. The van der Waals surface area contributed by atoms with Gasteiger partial charge in [0.05, 0.1) is 11.3 Å². The monoisotopic (exact) mass is 375 g/mol. The van der Waals surface area contributed by atoms with Gasteiger partial charge in [-0.05, 0) is 49.4 Å². The molecular formula is C20H26ClN3O2. The van der Waals surface area contributed by atoms with E-state index >= 15 is 0 Å². The maximum Gasteiger partial charge on any atom is 0.335 e. The number of hydrogen-bond acceptors (Lipinski definition) is 3. The number of hydrogen-bond donors (Lipinski definition) is 2. The van der Waals surface area contributed by atoms with Crippen molar-refractivity contribution in [1.29, 1.82) is 0 Å². The fourth-order valence-electron chi connectivity index (χ4n) is 3.63. The summed E-state index contributed by atoms with van der Waals surface area (Å²) < 4.78 is 0. The number of H-pyrrole nitrogens is 1. The third-order valence-corrected chi connectivity index (χ3v) is 5.35. The second-order valence-corrected chi connectivity index (χ2v) is 7.42. The summed E-state index contributed by atoms with van der Waals surface area (Å²) in [5, 5.41) is 9.79. The summed E-state index contributed by atoms with van der Waals surface area (Å²) in [6.07, 6.45) is 5.35. The Morgan fingerprint density at radius 3 is 3.08 bits per heavy atom. The van der Waals surface area contributed by atoms with E-state index in [1.807, 2.05) is 18.2 Å². The van der Waals surface area contributed by atoms with Crippen LogP contribution in [0.3, 0.4) is 0 Å². The molecule has 1 saturated heterocycles. The van der Waals surface area contributed by atoms with Gasteiger partial charge in [0.25, 0.3) is 0 Å². The third kappa shape index (κ3) is 4.65. The minimum atomic E-state index is -0.872. The number of benzene rings is 1. The standard InChI is InChI=1S/C20H26ClN3O2/c1-2-3-9-18-22-17(19(21)23-18)13-24-10-5-8-16(12-24)14-6-4-7-15(11-14)20(25)26/h4,6-7,11,16H,2-3,5,8-10,12-13H2,1H3,(H,22,23)(H,25,26)/t16-/m0/s1. The molecule has 0 amide bonds. The number of aryl methyl sites for hydroxylation is 1. The molecule has 0 saturated carbocycles. The molecule has 1 aliphatic rings. The van der Waals surface area contributed by atoms with Gasteiger partial charge in [-0.1, -0.05) is 37.1 Å². The van der Waals surface area contributed by atoms with Gasteiger partial charge in [0.15, 0.2) is 5.15 Å². The summed E-state index contributed by atoms with van der Waals surface area (Å²) in [4.78, 5) is 21.4. The lowest BCUT2D eigenvalue weighted by molar-refractivity contribution is 0.0696. The second-order valence-electron chi connectivity index (χ2n) is 7.06. The van der Waals surface area contributed by atoms with Gasteiger partial charge in [-0.25, -0.2) is 9.78 Å². The van der Waals surface area contributed by atoms with Crippen molar-refractivity contribution in [3.63, 3.8) is 0 Å². The van der Waals surface area contributed by atoms with Gasteiger partial charge in [-0.3, -0.25) is 4.90 Å². The number of nitrogens with one attached hydrogen (secondary N) is 1. The zero-order chi connectivity index (χ0) is 18.5. The molecule has 5 nitrogen and oxygen atoms in total. The van der Waals surface area contributed by atoms with Gasteiger partial charge in [0.2, 0.25) is 0 Å². The van der Waals surface area contributed by atoms with Crippen LogP contribution in [0, 0.1) is 0 Å². The predicted molar refractivity (Wildman–Crippen MR) is 103 cm³/mol. The van der Waals surface area contributed by atoms with Crippen molar-refractivity contribution >= 4 is 17.6 Å². The van der Waals surface area contributed by atoms with Crippen LogP contribution in [0.15, 0.2) is 24.3 Å². The van der Waals surface area contributed by atoms with Crippen LogP contribution in [0.25, 0.3) is 0 Å². The molecule has 0 aliphatic carbocycles. The van der Waals surface area contributed by atoms with Crippen LogP contribution in [0.4, 0.5) is 0 Å². The lowest BCUT2D eigenvalue weighted by Crippen LogP contribution is -2.34. The largest absolute Gasteiger partial charge is 0.478 e. The molecule has 1 aromatic carbocycles. The molecule has 1 fully saturated rings. The number of aromatic carboxylic acids is 1. The molecule has 1 aromatic heterocycles. The Kier molecular flexibility index (Phi) is 6.33. The van der Waals surface area contributed by atoms with Gasteiger partial charge in [-0.15, -0.1) is 0 Å². The Hall–Kier alpha value is -1.85. The number of nitrogens with zero attached hydrogens (tertiary/aromatic N) is 2. The Bertz CT molecular complexity index is 759. The van der Waals surface area contributed by atoms with E-state index in [1.165, 1.54) is 0 Å². The number of aromatic nitrogens is 2. The number of piperidine rings is 1. The van der Waals surface area contributed by atoms with E-state index in [1.54, 1.807) is 6.07 Å². The van der Waals surface area contributed by atoms with Crippen LogP contribution >= 0.6 is 11.6 Å². The molecule has 1 aliphatic heterocycles. The van der Waals surface area contributed by atoms with Crippen LogP contribution in [0.2, 0.25) is 5.15 Å². The first-order valence-electron chi connectivity index (χ1n) is 9.35. The van der Waals surface area contributed by atoms with Crippen LogP contribution in [0.1, 0.15) is 66.0 Å². The molecule has 1 atom stereocenters. The molecule has 0 radical (unpaired) electrons. The Labute approximate surface area is 159 Å². The first kappa shape index (κ1) is 18.9. The number of rotatable bonds is 7. The highest BCUT2D eigenvalue weighted by molar-refractivity contribution is 6.30. The average molecular weight is 376 g/mol. The van der Waals surface area contributed by atoms with E-state index in [0.29, 0.717) is 16.6 Å². The molecule has 2 aromatic rings. The van der Waals surface area contributed by atoms with E-state index in [4.69, 9.17) is 11.6 Å². The lowest BCUT2D eigenvalue weighted by atomic mass is 9.89. The normalized spacial score (nSPS) is 18.2. The highest BCUT2D eigenvalue weighted by Gasteiger charge is 2.23. The summed E-state index contributed by atoms with van der Waals surface area (Å²) in [6.45, 7) is 4.85. The topological polar surface area (TPSA) is 69.2 Å². The molecule has 0 unspecified atom stereocenters. The molecule has 140 valence electrons. The Balaban J connectivity index is 1.66. The Morgan fingerprint density at radius 2 is 2.31 bits per heavy atom. The highest BCUT2D eigenvalue weighted by atomic mass is 35.5. The van der Waals surface area contributed by atoms with Crippen molar-refractivity contribution < 1.29 is 9.90 Å². The molecule has 0 spiro atoms. The van der Waals surface area contributed by atoms with Crippen molar-refractivity contribution in [2.24, 2.45) is 0 Å². The summed E-state index contributed by atoms with van der Waals surface area (Å²) >= 11 is 6.32.